The van der Waals surface area contributed by atoms with Crippen LogP contribution in [0, 0.1) is 0 Å². The van der Waals surface area contributed by atoms with Gasteiger partial charge in [0.05, 0.1) is 0 Å². The molecule has 0 amide bonds. The smallest absolute Gasteiger partial charge is 0.00461 e. The fourth-order valence-corrected chi connectivity index (χ4v) is 0. The van der Waals surface area contributed by atoms with Gasteiger partial charge in [-0.15, -0.1) is 0 Å². The molecule has 0 saturated heterocycles. The highest BCUT2D eigenvalue weighted by molar-refractivity contribution is 4.26. The predicted octanol–water partition coefficient (Wildman–Crippen LogP) is -2.23. The Labute approximate surface area is 69.3 Å². The summed E-state index contributed by atoms with van der Waals surface area (Å²) >= 11 is 0. The van der Waals surface area contributed by atoms with Gasteiger partial charge >= 0.3 is 0 Å². The molecule has 0 aliphatic heterocycles. The predicted molar refractivity (Wildman–Crippen MR) is 50.9 cm³/mol. The van der Waals surface area contributed by atoms with Crippen LogP contribution in [0.1, 0.15) is 6.92 Å². The zero-order valence-corrected chi connectivity index (χ0v) is 7.42. The summed E-state index contributed by atoms with van der Waals surface area (Å²) in [6.07, 6.45) is 0. The van der Waals surface area contributed by atoms with Crippen molar-refractivity contribution in [2.45, 2.75) is 6.92 Å². The van der Waals surface area contributed by atoms with E-state index in [1.165, 1.54) is 0 Å². The van der Waals surface area contributed by atoms with E-state index in [-0.39, 0.29) is 0 Å². The Hall–Kier alpha value is -0.200. The van der Waals surface area contributed by atoms with Crippen LogP contribution in [-0.2, 0) is 0 Å². The Bertz CT molecular complexity index is 26.2. The van der Waals surface area contributed by atoms with E-state index in [2.05, 4.69) is 0 Å². The molecule has 0 aromatic heterocycles. The lowest BCUT2D eigenvalue weighted by Crippen LogP contribution is -2.11. The van der Waals surface area contributed by atoms with Gasteiger partial charge in [0.1, 0.15) is 0 Å². The fourth-order valence-electron chi connectivity index (χ4n) is 0. The number of hydrogen-bond acceptors (Lipinski definition) is 5. The molecule has 0 rings (SSSR count). The van der Waals surface area contributed by atoms with Crippen molar-refractivity contribution >= 4 is 0 Å². The maximum absolute atomic E-state index is 4.90. The van der Waals surface area contributed by atoms with Gasteiger partial charge in [-0.05, 0) is 6.54 Å². The third kappa shape index (κ3) is 184. The summed E-state index contributed by atoms with van der Waals surface area (Å²) in [4.78, 5) is 0. The molecule has 0 fully saturated rings. The molecule has 0 saturated carbocycles. The maximum Gasteiger partial charge on any atom is 0.00461 e. The van der Waals surface area contributed by atoms with Gasteiger partial charge in [-0.2, -0.15) is 0 Å². The highest BCUT2D eigenvalue weighted by Gasteiger charge is 1.54. The number of nitrogens with two attached hydrogens (primary N) is 5. The van der Waals surface area contributed by atoms with E-state index in [9.17, 15) is 0 Å². The van der Waals surface area contributed by atoms with Crippen molar-refractivity contribution in [1.29, 1.82) is 0 Å². The first-order valence-electron chi connectivity index (χ1n) is 3.75. The third-order valence-corrected chi connectivity index (χ3v) is 0.333. The molecular formula is C6H23N5. The van der Waals surface area contributed by atoms with Crippen LogP contribution in [0.4, 0.5) is 0 Å². The molecule has 0 aromatic rings. The van der Waals surface area contributed by atoms with Crippen LogP contribution in [0.25, 0.3) is 0 Å². The van der Waals surface area contributed by atoms with Crippen LogP contribution in [-0.4, -0.2) is 32.7 Å². The Morgan fingerprint density at radius 1 is 0.636 bits per heavy atom. The molecule has 0 bridgehead atoms. The average molecular weight is 165 g/mol. The maximum atomic E-state index is 4.90. The highest BCUT2D eigenvalue weighted by atomic mass is 14.6. The lowest BCUT2D eigenvalue weighted by atomic mass is 10.7. The van der Waals surface area contributed by atoms with E-state index < -0.39 is 0 Å². The fraction of sp³-hybridized carbons (Fsp3) is 1.00. The second-order valence-corrected chi connectivity index (χ2v) is 1.56. The van der Waals surface area contributed by atoms with Crippen LogP contribution in [0.15, 0.2) is 0 Å². The minimum absolute atomic E-state index is 0.597. The lowest BCUT2D eigenvalue weighted by molar-refractivity contribution is 0.976. The van der Waals surface area contributed by atoms with Crippen molar-refractivity contribution in [3.63, 3.8) is 0 Å². The van der Waals surface area contributed by atoms with Gasteiger partial charge in [0.15, 0.2) is 0 Å². The van der Waals surface area contributed by atoms with Crippen molar-refractivity contribution in [3.05, 3.63) is 0 Å². The first-order valence-corrected chi connectivity index (χ1v) is 3.75. The van der Waals surface area contributed by atoms with Crippen molar-refractivity contribution in [3.8, 4) is 0 Å². The van der Waals surface area contributed by atoms with Crippen LogP contribution < -0.4 is 28.7 Å². The first kappa shape index (κ1) is 17.0. The molecule has 10 N–H and O–H groups in total. The molecule has 0 aromatic carbocycles. The highest BCUT2D eigenvalue weighted by Crippen LogP contribution is 1.24. The van der Waals surface area contributed by atoms with E-state index in [4.69, 9.17) is 28.7 Å². The molecule has 0 atom stereocenters. The van der Waals surface area contributed by atoms with Crippen LogP contribution in [0.5, 0.6) is 0 Å². The summed E-state index contributed by atoms with van der Waals surface area (Å²) in [5.41, 5.74) is 24.5. The molecule has 0 heterocycles. The quantitative estimate of drug-likeness (QED) is 0.316. The lowest BCUT2D eigenvalue weighted by Gasteiger charge is -1.72. The van der Waals surface area contributed by atoms with Crippen LogP contribution in [0.2, 0.25) is 0 Å². The second kappa shape index (κ2) is 32.9. The third-order valence-electron chi connectivity index (χ3n) is 0.333. The summed E-state index contributed by atoms with van der Waals surface area (Å²) in [6.45, 7) is 5.04. The van der Waals surface area contributed by atoms with E-state index in [1.807, 2.05) is 6.92 Å². The molecule has 0 aliphatic carbocycles. The zero-order chi connectivity index (χ0) is 9.54. The molecule has 11 heavy (non-hydrogen) atoms. The van der Waals surface area contributed by atoms with E-state index in [0.29, 0.717) is 26.2 Å². The van der Waals surface area contributed by atoms with Gasteiger partial charge in [0.25, 0.3) is 0 Å². The van der Waals surface area contributed by atoms with E-state index >= 15 is 0 Å². The minimum atomic E-state index is 0.597. The molecule has 5 heteroatoms. The topological polar surface area (TPSA) is 130 Å². The Morgan fingerprint density at radius 3 is 0.727 bits per heavy atom. The molecule has 0 spiro atoms. The molecular weight excluding hydrogens is 142 g/mol. The van der Waals surface area contributed by atoms with Crippen molar-refractivity contribution in [2.24, 2.45) is 28.7 Å². The van der Waals surface area contributed by atoms with E-state index in [1.54, 1.807) is 0 Å². The molecule has 0 aliphatic rings. The van der Waals surface area contributed by atoms with Crippen molar-refractivity contribution in [1.82, 2.24) is 0 Å². The SMILES string of the molecule is CCN.NCCN.NCCN. The average Bonchev–Trinajstić information content (AvgIpc) is 2.06. The van der Waals surface area contributed by atoms with Crippen molar-refractivity contribution < 1.29 is 0 Å². The van der Waals surface area contributed by atoms with Gasteiger partial charge in [-0.3, -0.25) is 0 Å². The van der Waals surface area contributed by atoms with Crippen LogP contribution >= 0.6 is 0 Å². The Morgan fingerprint density at radius 2 is 0.727 bits per heavy atom. The summed E-state index contributed by atoms with van der Waals surface area (Å²) in [7, 11) is 0. The minimum Gasteiger partial charge on any atom is -0.331 e. The first-order chi connectivity index (χ1) is 5.24. The van der Waals surface area contributed by atoms with Gasteiger partial charge in [0.2, 0.25) is 0 Å². The van der Waals surface area contributed by atoms with Gasteiger partial charge in [-0.25, -0.2) is 0 Å². The number of rotatable bonds is 2. The monoisotopic (exact) mass is 165 g/mol. The summed E-state index contributed by atoms with van der Waals surface area (Å²) in [6, 6.07) is 0. The van der Waals surface area contributed by atoms with Gasteiger partial charge in [0, 0.05) is 26.2 Å². The summed E-state index contributed by atoms with van der Waals surface area (Å²) in [5, 5.41) is 0. The molecule has 0 radical (unpaired) electrons. The van der Waals surface area contributed by atoms with E-state index in [0.717, 1.165) is 6.54 Å². The second-order valence-electron chi connectivity index (χ2n) is 1.56. The Balaban J connectivity index is -0.0000000886. The number of hydrogen-bond donors (Lipinski definition) is 5. The Kier molecular flexibility index (Phi) is 51.1. The summed E-state index contributed by atoms with van der Waals surface area (Å²) < 4.78 is 0. The standard InChI is InChI=1S/2C2H8N2.C2H7N/c2*3-1-2-4;1-2-3/h2*1-4H2;2-3H2,1H3. The van der Waals surface area contributed by atoms with Crippen LogP contribution in [0.3, 0.4) is 0 Å². The zero-order valence-electron chi connectivity index (χ0n) is 7.42. The summed E-state index contributed by atoms with van der Waals surface area (Å²) in [5.74, 6) is 0. The normalized spacial score (nSPS) is 7.09. The molecule has 5 nitrogen and oxygen atoms in total. The molecule has 0 unspecified atom stereocenters. The van der Waals surface area contributed by atoms with Gasteiger partial charge < -0.3 is 28.7 Å². The molecule has 72 valence electrons. The van der Waals surface area contributed by atoms with Gasteiger partial charge in [-0.1, -0.05) is 6.92 Å². The largest absolute Gasteiger partial charge is 0.331 e. The van der Waals surface area contributed by atoms with Crippen molar-refractivity contribution in [2.75, 3.05) is 32.7 Å².